The van der Waals surface area contributed by atoms with E-state index in [1.54, 1.807) is 0 Å². The van der Waals surface area contributed by atoms with Gasteiger partial charge in [-0.2, -0.15) is 0 Å². The van der Waals surface area contributed by atoms with Crippen molar-refractivity contribution in [3.05, 3.63) is 56.9 Å². The van der Waals surface area contributed by atoms with Gasteiger partial charge in [0.1, 0.15) is 5.69 Å². The third-order valence-corrected chi connectivity index (χ3v) is 4.66. The first-order chi connectivity index (χ1) is 10.3. The Bertz CT molecular complexity index is 876. The lowest BCUT2D eigenvalue weighted by Crippen LogP contribution is -2.19. The van der Waals surface area contributed by atoms with E-state index in [0.29, 0.717) is 0 Å². The molecule has 0 saturated carbocycles. The molecule has 0 saturated heterocycles. The van der Waals surface area contributed by atoms with E-state index in [1.807, 2.05) is 0 Å². The Labute approximate surface area is 134 Å². The van der Waals surface area contributed by atoms with Crippen LogP contribution in [0.1, 0.15) is 10.4 Å². The van der Waals surface area contributed by atoms with E-state index in [4.69, 9.17) is 0 Å². The molecule has 1 aromatic heterocycles. The molecule has 2 rings (SSSR count). The largest absolute Gasteiger partial charge is 0.465 e. The zero-order valence-electron chi connectivity index (χ0n) is 11.3. The smallest absolute Gasteiger partial charge is 0.337 e. The van der Waals surface area contributed by atoms with Crippen molar-refractivity contribution < 1.29 is 17.9 Å². The number of aromatic nitrogens is 1. The molecule has 1 aromatic carbocycles. The van der Waals surface area contributed by atoms with Gasteiger partial charge < -0.3 is 9.72 Å². The first-order valence-corrected chi connectivity index (χ1v) is 8.20. The molecular weight excluding hydrogens is 376 g/mol. The number of pyridine rings is 1. The van der Waals surface area contributed by atoms with E-state index in [1.165, 1.54) is 43.8 Å². The Morgan fingerprint density at radius 1 is 1.32 bits per heavy atom. The number of ether oxygens (including phenoxy) is 1. The molecule has 2 aromatic rings. The van der Waals surface area contributed by atoms with Crippen molar-refractivity contribution in [3.8, 4) is 0 Å². The molecule has 0 fully saturated rings. The van der Waals surface area contributed by atoms with E-state index in [0.717, 1.165) is 0 Å². The van der Waals surface area contributed by atoms with Crippen LogP contribution >= 0.6 is 15.9 Å². The van der Waals surface area contributed by atoms with Crippen LogP contribution in [0.4, 0.5) is 5.69 Å². The average Bonchev–Trinajstić information content (AvgIpc) is 2.51. The van der Waals surface area contributed by atoms with E-state index >= 15 is 0 Å². The minimum Gasteiger partial charge on any atom is -0.465 e. The van der Waals surface area contributed by atoms with Crippen molar-refractivity contribution in [2.24, 2.45) is 0 Å². The van der Waals surface area contributed by atoms with Crippen molar-refractivity contribution in [2.75, 3.05) is 11.8 Å². The number of carbonyl (C=O) groups excluding carboxylic acids is 1. The summed E-state index contributed by atoms with van der Waals surface area (Å²) in [5.74, 6) is -0.655. The average molecular weight is 387 g/mol. The van der Waals surface area contributed by atoms with Crippen LogP contribution < -0.4 is 10.2 Å². The van der Waals surface area contributed by atoms with Crippen LogP contribution in [0, 0.1) is 0 Å². The molecule has 1 heterocycles. The molecular formula is C13H11BrN2O5S. The summed E-state index contributed by atoms with van der Waals surface area (Å²) in [6.45, 7) is 0. The number of anilines is 1. The summed E-state index contributed by atoms with van der Waals surface area (Å²) >= 11 is 3.01. The minimum atomic E-state index is -4.02. The van der Waals surface area contributed by atoms with Crippen LogP contribution in [0.25, 0.3) is 0 Å². The van der Waals surface area contributed by atoms with Crippen molar-refractivity contribution in [3.63, 3.8) is 0 Å². The molecule has 0 bridgehead atoms. The highest BCUT2D eigenvalue weighted by molar-refractivity contribution is 9.10. The van der Waals surface area contributed by atoms with Crippen molar-refractivity contribution in [1.29, 1.82) is 0 Å². The van der Waals surface area contributed by atoms with Crippen molar-refractivity contribution >= 4 is 37.6 Å². The number of H-pyrrole nitrogens is 1. The Hall–Kier alpha value is -2.13. The number of nitrogens with one attached hydrogen (secondary N) is 2. The summed E-state index contributed by atoms with van der Waals surface area (Å²) in [5, 5.41) is 0. The summed E-state index contributed by atoms with van der Waals surface area (Å²) in [6.07, 6.45) is 2.62. The van der Waals surface area contributed by atoms with Gasteiger partial charge in [-0.25, -0.2) is 13.2 Å². The minimum absolute atomic E-state index is 0.0912. The Morgan fingerprint density at radius 3 is 2.73 bits per heavy atom. The SMILES string of the molecule is COC(=O)c1cccc(S(=O)(=O)Nc2c[nH]cc(Br)c2=O)c1. The van der Waals surface area contributed by atoms with Crippen LogP contribution in [0.15, 0.2) is 50.8 Å². The fourth-order valence-electron chi connectivity index (χ4n) is 1.65. The van der Waals surface area contributed by atoms with Crippen LogP contribution in [-0.4, -0.2) is 26.5 Å². The fourth-order valence-corrected chi connectivity index (χ4v) is 3.09. The monoisotopic (exact) mass is 386 g/mol. The van der Waals surface area contributed by atoms with E-state index in [-0.39, 0.29) is 20.6 Å². The number of sulfonamides is 1. The van der Waals surface area contributed by atoms with Gasteiger partial charge in [0, 0.05) is 12.4 Å². The topological polar surface area (TPSA) is 105 Å². The predicted molar refractivity (Wildman–Crippen MR) is 83.4 cm³/mol. The number of methoxy groups -OCH3 is 1. The summed E-state index contributed by atoms with van der Waals surface area (Å²) in [4.78, 5) is 25.8. The highest BCUT2D eigenvalue weighted by Crippen LogP contribution is 2.16. The first-order valence-electron chi connectivity index (χ1n) is 5.93. The fraction of sp³-hybridized carbons (Fsp3) is 0.0769. The Kier molecular flexibility index (Phi) is 4.67. The third-order valence-electron chi connectivity index (χ3n) is 2.71. The van der Waals surface area contributed by atoms with E-state index in [9.17, 15) is 18.0 Å². The summed E-state index contributed by atoms with van der Waals surface area (Å²) in [5.41, 5.74) is -0.558. The second-order valence-electron chi connectivity index (χ2n) is 4.17. The van der Waals surface area contributed by atoms with Gasteiger partial charge in [0.05, 0.1) is 22.0 Å². The number of benzene rings is 1. The molecule has 0 aliphatic carbocycles. The highest BCUT2D eigenvalue weighted by atomic mass is 79.9. The summed E-state index contributed by atoms with van der Waals surface area (Å²) < 4.78 is 31.5. The molecule has 0 radical (unpaired) electrons. The van der Waals surface area contributed by atoms with Gasteiger partial charge in [-0.1, -0.05) is 6.07 Å². The number of hydrogen-bond donors (Lipinski definition) is 2. The van der Waals surface area contributed by atoms with E-state index in [2.05, 4.69) is 30.4 Å². The number of rotatable bonds is 4. The molecule has 0 amide bonds. The number of carbonyl (C=O) groups is 1. The number of aromatic amines is 1. The molecule has 0 aliphatic heterocycles. The maximum absolute atomic E-state index is 12.3. The lowest BCUT2D eigenvalue weighted by molar-refractivity contribution is 0.0600. The van der Waals surface area contributed by atoms with Gasteiger partial charge in [0.25, 0.3) is 10.0 Å². The molecule has 7 nitrogen and oxygen atoms in total. The van der Waals surface area contributed by atoms with Gasteiger partial charge >= 0.3 is 5.97 Å². The standard InChI is InChI=1S/C13H11BrN2O5S/c1-21-13(18)8-3-2-4-9(5-8)22(19,20)16-11-7-15-6-10(14)12(11)17/h2-7,16H,1H3,(H,15,17). The van der Waals surface area contributed by atoms with Crippen molar-refractivity contribution in [1.82, 2.24) is 4.98 Å². The van der Waals surface area contributed by atoms with Crippen LogP contribution in [0.2, 0.25) is 0 Å². The zero-order valence-corrected chi connectivity index (χ0v) is 13.7. The number of esters is 1. The number of halogens is 1. The van der Waals surface area contributed by atoms with Gasteiger partial charge in [-0.3, -0.25) is 9.52 Å². The summed E-state index contributed by atoms with van der Waals surface area (Å²) in [6, 6.07) is 5.31. The van der Waals surface area contributed by atoms with Crippen LogP contribution in [-0.2, 0) is 14.8 Å². The van der Waals surface area contributed by atoms with Crippen LogP contribution in [0.3, 0.4) is 0 Å². The van der Waals surface area contributed by atoms with Crippen LogP contribution in [0.5, 0.6) is 0 Å². The van der Waals surface area contributed by atoms with Gasteiger partial charge in [-0.05, 0) is 34.1 Å². The lowest BCUT2D eigenvalue weighted by Gasteiger charge is -2.08. The Morgan fingerprint density at radius 2 is 2.05 bits per heavy atom. The molecule has 0 atom stereocenters. The van der Waals surface area contributed by atoms with Gasteiger partial charge in [-0.15, -0.1) is 0 Å². The zero-order chi connectivity index (χ0) is 16.3. The third kappa shape index (κ3) is 3.37. The summed E-state index contributed by atoms with van der Waals surface area (Å²) in [7, 11) is -2.82. The molecule has 0 unspecified atom stereocenters. The molecule has 116 valence electrons. The second kappa shape index (κ2) is 6.32. The first kappa shape index (κ1) is 16.2. The number of hydrogen-bond acceptors (Lipinski definition) is 5. The predicted octanol–water partition coefficient (Wildman–Crippen LogP) is 1.72. The molecule has 0 spiro atoms. The van der Waals surface area contributed by atoms with Gasteiger partial charge in [0.2, 0.25) is 5.43 Å². The molecule has 0 aliphatic rings. The van der Waals surface area contributed by atoms with Crippen molar-refractivity contribution in [2.45, 2.75) is 4.90 Å². The highest BCUT2D eigenvalue weighted by Gasteiger charge is 2.18. The van der Waals surface area contributed by atoms with Gasteiger partial charge in [0.15, 0.2) is 0 Å². The molecule has 22 heavy (non-hydrogen) atoms. The lowest BCUT2D eigenvalue weighted by atomic mass is 10.2. The Balaban J connectivity index is 2.41. The second-order valence-corrected chi connectivity index (χ2v) is 6.71. The normalized spacial score (nSPS) is 11.0. The maximum Gasteiger partial charge on any atom is 0.337 e. The quantitative estimate of drug-likeness (QED) is 0.778. The molecule has 9 heteroatoms. The molecule has 2 N–H and O–H groups in total. The van der Waals surface area contributed by atoms with E-state index < -0.39 is 21.4 Å². The maximum atomic E-state index is 12.3.